The van der Waals surface area contributed by atoms with Crippen LogP contribution >= 0.6 is 30.8 Å². The number of methoxy groups -OCH3 is 2. The number of aliphatic imine (C=N–C) groups is 1. The monoisotopic (exact) mass is 1210 g/mol. The topological polar surface area (TPSA) is 529 Å². The molecule has 440 valence electrons. The average molecular weight is 1210 g/mol. The minimum atomic E-state index is -5.83. The van der Waals surface area contributed by atoms with Gasteiger partial charge in [0.15, 0.2) is 41.7 Å². The Morgan fingerprint density at radius 3 is 2.15 bits per heavy atom. The highest BCUT2D eigenvalue weighted by Crippen LogP contribution is 2.66. The number of nitrogens with zero attached hydrogens (tertiary/aromatic N) is 9. The number of H-pyrrole nitrogens is 2. The molecule has 0 bridgehead atoms. The molecule has 0 saturated carbocycles. The van der Waals surface area contributed by atoms with Gasteiger partial charge >= 0.3 is 36.5 Å². The first kappa shape index (κ1) is 59.6. The highest BCUT2D eigenvalue weighted by Gasteiger charge is 2.54. The summed E-state index contributed by atoms with van der Waals surface area (Å²) in [7, 11) is -18.3. The van der Waals surface area contributed by atoms with Gasteiger partial charge in [-0.1, -0.05) is 11.9 Å². The van der Waals surface area contributed by atoms with Crippen LogP contribution < -0.4 is 32.9 Å². The van der Waals surface area contributed by atoms with Gasteiger partial charge in [-0.15, -0.1) is 0 Å². The fourth-order valence-corrected chi connectivity index (χ4v) is 15.6. The Bertz CT molecular complexity index is 3530. The van der Waals surface area contributed by atoms with E-state index < -0.39 is 141 Å². The lowest BCUT2D eigenvalue weighted by Gasteiger charge is -2.26. The number of aromatic nitrogens is 10. The summed E-state index contributed by atoms with van der Waals surface area (Å²) >= 11 is 0. The summed E-state index contributed by atoms with van der Waals surface area (Å²) in [5.74, 6) is -3.21. The highest BCUT2D eigenvalue weighted by atomic mass is 31.3. The lowest BCUT2D eigenvalue weighted by molar-refractivity contribution is -0.745. The standard InChI is InChI=1S/C39H56N14O23P4/c1-5-16-6-7-43-30-22(21(16)40)44-12-51(30)37-29(68-4)28(75-79(63,64)70-10-19-26(55)27(56)36(73-19)52-13-45-23-31(52)46-38(41)48-33(23)57)20(74-37)11-71-80(65,66)76-78(61,62)15-77(59,60)69-9-18-17(8-67-3)25(54)35(72-18)53-14-50(2)24-32(53)47-39(42)49-34(24)58/h7,12-14,17-20,25-29,35-37,54-56H,5-6,8-11,15,40H2,1-4H3,(H9-,41,42,46,47,48,49,57,58,59,60,61,62,63,64,65,66)/p+1/t17-,18-,19-,20-,25-,26-,27-,28-,29-,35-,36-,37-/m1/s1. The number of phosphoric ester groups is 2. The molecule has 41 heteroatoms. The van der Waals surface area contributed by atoms with Gasteiger partial charge in [0.2, 0.25) is 17.7 Å². The largest absolute Gasteiger partial charge is 0.479 e. The van der Waals surface area contributed by atoms with E-state index in [4.69, 9.17) is 59.0 Å². The molecular weight excluding hydrogens is 1160 g/mol. The second-order valence-electron chi connectivity index (χ2n) is 18.6. The lowest BCUT2D eigenvalue weighted by Crippen LogP contribution is -2.45. The van der Waals surface area contributed by atoms with Crippen LogP contribution in [0.1, 0.15) is 44.1 Å². The maximum absolute atomic E-state index is 13.9. The van der Waals surface area contributed by atoms with E-state index in [9.17, 15) is 62.7 Å². The van der Waals surface area contributed by atoms with E-state index in [1.54, 1.807) is 6.21 Å². The summed E-state index contributed by atoms with van der Waals surface area (Å²) < 4.78 is 114. The third kappa shape index (κ3) is 12.1. The van der Waals surface area contributed by atoms with E-state index >= 15 is 0 Å². The van der Waals surface area contributed by atoms with Gasteiger partial charge in [0.1, 0.15) is 48.4 Å². The number of hydrogen-bond acceptors (Lipinski definition) is 27. The van der Waals surface area contributed by atoms with Crippen molar-refractivity contribution < 1.29 is 104 Å². The van der Waals surface area contributed by atoms with Crippen LogP contribution in [-0.4, -0.2) is 180 Å². The van der Waals surface area contributed by atoms with Gasteiger partial charge < -0.3 is 80.3 Å². The molecule has 9 rings (SSSR count). The first-order valence-corrected chi connectivity index (χ1v) is 30.4. The van der Waals surface area contributed by atoms with E-state index in [2.05, 4.69) is 39.2 Å². The Morgan fingerprint density at radius 1 is 0.775 bits per heavy atom. The Hall–Kier alpha value is -5.04. The molecule has 0 amide bonds. The number of rotatable bonds is 22. The lowest BCUT2D eigenvalue weighted by atomic mass is 9.99. The Balaban J connectivity index is 0.887. The van der Waals surface area contributed by atoms with Crippen molar-refractivity contribution in [3.05, 3.63) is 51.0 Å². The number of aryl methyl sites for hydroxylation is 1. The number of imidazole rings is 3. The van der Waals surface area contributed by atoms with E-state index in [1.807, 2.05) is 6.92 Å². The number of aliphatic hydroxyl groups is 3. The third-order valence-corrected chi connectivity index (χ3v) is 20.0. The zero-order chi connectivity index (χ0) is 58.0. The molecule has 9 heterocycles. The molecule has 0 aromatic carbocycles. The summed E-state index contributed by atoms with van der Waals surface area (Å²) in [5.41, 5.74) is 17.6. The molecule has 16 atom stereocenters. The van der Waals surface area contributed by atoms with Crippen molar-refractivity contribution in [1.29, 1.82) is 0 Å². The average Bonchev–Trinajstić information content (AvgIpc) is 4.40. The van der Waals surface area contributed by atoms with Gasteiger partial charge in [-0.05, 0) is 12.0 Å². The molecule has 3 saturated heterocycles. The van der Waals surface area contributed by atoms with E-state index in [0.717, 1.165) is 23.6 Å². The summed E-state index contributed by atoms with van der Waals surface area (Å²) in [6.07, 6.45) is -11.0. The predicted octanol–water partition coefficient (Wildman–Crippen LogP) is -2.04. The Labute approximate surface area is 449 Å². The van der Waals surface area contributed by atoms with Crippen molar-refractivity contribution >= 4 is 82.8 Å². The summed E-state index contributed by atoms with van der Waals surface area (Å²) in [4.78, 5) is 94.1. The van der Waals surface area contributed by atoms with Gasteiger partial charge in [-0.3, -0.25) is 56.0 Å². The number of allylic oxidation sites excluding steroid dienone is 1. The maximum atomic E-state index is 13.9. The Kier molecular flexibility index (Phi) is 17.1. The smallest absolute Gasteiger partial charge is 0.397 e. The van der Waals surface area contributed by atoms with Crippen molar-refractivity contribution in [1.82, 2.24) is 43.6 Å². The van der Waals surface area contributed by atoms with Crippen LogP contribution in [0.3, 0.4) is 0 Å². The van der Waals surface area contributed by atoms with Crippen LogP contribution in [0.15, 0.2) is 39.1 Å². The van der Waals surface area contributed by atoms with Crippen LogP contribution in [-0.2, 0) is 71.4 Å². The molecule has 0 aliphatic carbocycles. The van der Waals surface area contributed by atoms with E-state index in [1.165, 1.54) is 40.5 Å². The van der Waals surface area contributed by atoms with Gasteiger partial charge in [0.25, 0.3) is 17.1 Å². The third-order valence-electron chi connectivity index (χ3n) is 13.3. The summed E-state index contributed by atoms with van der Waals surface area (Å²) in [6, 6.07) is 0. The van der Waals surface area contributed by atoms with Crippen LogP contribution in [0.4, 0.5) is 17.7 Å². The van der Waals surface area contributed by atoms with Crippen LogP contribution in [0.2, 0.25) is 0 Å². The van der Waals surface area contributed by atoms with Gasteiger partial charge in [-0.25, -0.2) is 33.0 Å². The number of anilines is 2. The van der Waals surface area contributed by atoms with Crippen LogP contribution in [0.25, 0.3) is 28.0 Å². The minimum Gasteiger partial charge on any atom is -0.397 e. The molecule has 3 fully saturated rings. The molecule has 5 aromatic heterocycles. The van der Waals surface area contributed by atoms with E-state index in [0.29, 0.717) is 18.5 Å². The molecule has 4 aliphatic rings. The molecular formula is C39H57N14O23P4+. The quantitative estimate of drug-likeness (QED) is 0.0262. The van der Waals surface area contributed by atoms with Crippen molar-refractivity contribution in [2.75, 3.05) is 58.0 Å². The fourth-order valence-electron chi connectivity index (χ4n) is 9.61. The van der Waals surface area contributed by atoms with Crippen molar-refractivity contribution in [2.45, 2.75) is 87.3 Å². The van der Waals surface area contributed by atoms with Crippen LogP contribution in [0, 0.1) is 5.92 Å². The fraction of sp³-hybridized carbons (Fsp3) is 0.590. The number of ether oxygens (including phenoxy) is 5. The van der Waals surface area contributed by atoms with Crippen LogP contribution in [0.5, 0.6) is 0 Å². The number of fused-ring (bicyclic) bond motifs is 3. The summed E-state index contributed by atoms with van der Waals surface area (Å²) in [5, 5.41) is 33.2. The van der Waals surface area contributed by atoms with Gasteiger partial charge in [-0.2, -0.15) is 4.98 Å². The van der Waals surface area contributed by atoms with Crippen molar-refractivity contribution in [3.63, 3.8) is 0 Å². The normalized spacial score (nSPS) is 30.1. The molecule has 0 radical (unpaired) electrons. The molecule has 4 unspecified atom stereocenters. The minimum absolute atomic E-state index is 0.00762. The zero-order valence-corrected chi connectivity index (χ0v) is 46.0. The first-order valence-electron chi connectivity index (χ1n) is 23.9. The molecule has 0 spiro atoms. The number of aromatic amines is 2. The van der Waals surface area contributed by atoms with E-state index in [-0.39, 0.29) is 52.3 Å². The molecule has 5 aromatic rings. The first-order chi connectivity index (χ1) is 37.7. The molecule has 15 N–H and O–H groups in total. The predicted molar refractivity (Wildman–Crippen MR) is 269 cm³/mol. The number of nitrogen functional groups attached to an aromatic ring is 2. The van der Waals surface area contributed by atoms with Crippen molar-refractivity contribution in [3.8, 4) is 0 Å². The van der Waals surface area contributed by atoms with Gasteiger partial charge in [0, 0.05) is 32.8 Å². The maximum Gasteiger partial charge on any atom is 0.479 e. The number of nitrogens with one attached hydrogen (secondary N) is 2. The van der Waals surface area contributed by atoms with Gasteiger partial charge in [0.05, 0.1) is 57.9 Å². The second kappa shape index (κ2) is 23.0. The molecule has 4 aliphatic heterocycles. The zero-order valence-electron chi connectivity index (χ0n) is 42.4. The summed E-state index contributed by atoms with van der Waals surface area (Å²) in [6.45, 7) is -1.31. The molecule has 80 heavy (non-hydrogen) atoms. The number of hydrogen-bond donors (Lipinski definition) is 12. The molecule has 37 nitrogen and oxygen atoms in total. The SMILES string of the molecule is CCC1=C(N)c2ncn([C@@H]3O[C@H](COP(=O)(O)OP(=O)(O)CP(=O)(O)OC[C@H]4O[C@@H]([n+]5cn(C)c6c(=O)[nH]c(N)nc65)[C@H](O)[C@@H]4COC)[C@@H](OP(=O)(O)OC[C@H]4O[C@@H](n5cnc6c(=O)[nH]c(N)nc65)[C@H](O)[C@@H]4O)[C@H]3OC)c2N=CC1. The number of nitrogens with two attached hydrogens (primary N) is 3. The number of aliphatic hydroxyl groups excluding tert-OH is 3. The highest BCUT2D eigenvalue weighted by molar-refractivity contribution is 7.74. The second-order valence-corrected chi connectivity index (χ2v) is 25.8. The Morgan fingerprint density at radius 2 is 1.44 bits per heavy atom. The van der Waals surface area contributed by atoms with Crippen molar-refractivity contribution in [2.24, 2.45) is 23.7 Å². The number of phosphoric acid groups is 2.